The van der Waals surface area contributed by atoms with Gasteiger partial charge in [0.25, 0.3) is 10.2 Å². The molecule has 0 aliphatic carbocycles. The first-order valence-corrected chi connectivity index (χ1v) is 12.1. The molecule has 2 saturated heterocycles. The van der Waals surface area contributed by atoms with Crippen molar-refractivity contribution < 1.29 is 17.9 Å². The van der Waals surface area contributed by atoms with Gasteiger partial charge >= 0.3 is 0 Å². The second kappa shape index (κ2) is 9.11. The minimum Gasteiger partial charge on any atom is -0.379 e. The monoisotopic (exact) mass is 461 g/mol. The Kier molecular flexibility index (Phi) is 6.43. The third-order valence-electron chi connectivity index (χ3n) is 6.13. The van der Waals surface area contributed by atoms with Crippen LogP contribution in [-0.4, -0.2) is 94.9 Å². The van der Waals surface area contributed by atoms with Gasteiger partial charge in [-0.3, -0.25) is 4.79 Å². The van der Waals surface area contributed by atoms with Gasteiger partial charge in [0, 0.05) is 57.1 Å². The van der Waals surface area contributed by atoms with Gasteiger partial charge in [0.05, 0.1) is 19.4 Å². The minimum atomic E-state index is -3.51. The van der Waals surface area contributed by atoms with Crippen molar-refractivity contribution in [3.05, 3.63) is 28.7 Å². The summed E-state index contributed by atoms with van der Waals surface area (Å²) in [4.78, 5) is 19.0. The quantitative estimate of drug-likeness (QED) is 0.607. The van der Waals surface area contributed by atoms with E-state index >= 15 is 0 Å². The number of nitriles is 1. The number of nitrogens with zero attached hydrogens (tertiary/aromatic N) is 7. The maximum atomic E-state index is 12.8. The maximum absolute atomic E-state index is 12.8. The lowest BCUT2D eigenvalue weighted by Gasteiger charge is -2.37. The van der Waals surface area contributed by atoms with Gasteiger partial charge in [0.1, 0.15) is 11.6 Å². The van der Waals surface area contributed by atoms with Crippen molar-refractivity contribution in [3.8, 4) is 6.07 Å². The number of carbonyl (C=O) groups excluding carboxylic acids is 1. The molecule has 4 rings (SSSR count). The van der Waals surface area contributed by atoms with E-state index in [2.05, 4.69) is 16.2 Å². The summed E-state index contributed by atoms with van der Waals surface area (Å²) in [6.07, 6.45) is 2.30. The van der Waals surface area contributed by atoms with Crippen LogP contribution >= 0.6 is 0 Å². The number of aryl methyl sites for hydroxylation is 2. The zero-order valence-electron chi connectivity index (χ0n) is 18.3. The number of piperazine rings is 1. The molecule has 2 fully saturated rings. The molecule has 0 spiro atoms. The summed E-state index contributed by atoms with van der Waals surface area (Å²) in [6.45, 7) is 6.67. The van der Waals surface area contributed by atoms with E-state index in [0.29, 0.717) is 76.5 Å². The van der Waals surface area contributed by atoms with Gasteiger partial charge in [-0.2, -0.15) is 27.4 Å². The van der Waals surface area contributed by atoms with E-state index in [1.54, 1.807) is 9.42 Å². The number of aromatic nitrogens is 3. The van der Waals surface area contributed by atoms with E-state index in [0.717, 1.165) is 17.0 Å². The van der Waals surface area contributed by atoms with Gasteiger partial charge in [-0.15, -0.1) is 0 Å². The molecule has 0 N–H and O–H groups in total. The van der Waals surface area contributed by atoms with Crippen molar-refractivity contribution >= 4 is 21.8 Å². The van der Waals surface area contributed by atoms with Crippen LogP contribution in [0.1, 0.15) is 28.9 Å². The van der Waals surface area contributed by atoms with Gasteiger partial charge < -0.3 is 9.64 Å². The number of carbonyl (C=O) groups is 1. The molecular formula is C20H27N7O4S. The van der Waals surface area contributed by atoms with Crippen molar-refractivity contribution in [3.63, 3.8) is 0 Å². The Morgan fingerprint density at radius 1 is 1.12 bits per heavy atom. The Morgan fingerprint density at radius 2 is 1.78 bits per heavy atom. The summed E-state index contributed by atoms with van der Waals surface area (Å²) in [6, 6.07) is 2.09. The number of hydrogen-bond donors (Lipinski definition) is 0. The SMILES string of the molecule is Cc1nc2c(C#N)cnn2c(C)c1CCC(=O)N1CCN(S(=O)(=O)N2CCOCC2)CC1. The van der Waals surface area contributed by atoms with Crippen molar-refractivity contribution in [2.45, 2.75) is 26.7 Å². The number of hydrogen-bond acceptors (Lipinski definition) is 7. The average Bonchev–Trinajstić information content (AvgIpc) is 3.22. The van der Waals surface area contributed by atoms with Crippen molar-refractivity contribution in [1.29, 1.82) is 5.26 Å². The molecule has 12 heteroatoms. The Labute approximate surface area is 187 Å². The van der Waals surface area contributed by atoms with Crippen LogP contribution in [0.25, 0.3) is 5.65 Å². The highest BCUT2D eigenvalue weighted by Crippen LogP contribution is 2.19. The Bertz CT molecular complexity index is 1160. The lowest BCUT2D eigenvalue weighted by molar-refractivity contribution is -0.132. The summed E-state index contributed by atoms with van der Waals surface area (Å²) in [5, 5.41) is 13.4. The summed E-state index contributed by atoms with van der Waals surface area (Å²) < 4.78 is 35.4. The molecule has 11 nitrogen and oxygen atoms in total. The van der Waals surface area contributed by atoms with Crippen LogP contribution in [0.15, 0.2) is 6.20 Å². The highest BCUT2D eigenvalue weighted by atomic mass is 32.2. The predicted molar refractivity (Wildman–Crippen MR) is 115 cm³/mol. The fraction of sp³-hybridized carbons (Fsp3) is 0.600. The molecule has 0 saturated carbocycles. The molecule has 32 heavy (non-hydrogen) atoms. The maximum Gasteiger partial charge on any atom is 0.282 e. The Balaban J connectivity index is 1.36. The molecule has 0 bridgehead atoms. The molecule has 0 radical (unpaired) electrons. The van der Waals surface area contributed by atoms with Crippen LogP contribution in [0, 0.1) is 25.2 Å². The number of rotatable bonds is 5. The minimum absolute atomic E-state index is 0.00880. The summed E-state index contributed by atoms with van der Waals surface area (Å²) >= 11 is 0. The number of fused-ring (bicyclic) bond motifs is 1. The highest BCUT2D eigenvalue weighted by molar-refractivity contribution is 7.86. The zero-order chi connectivity index (χ0) is 22.9. The number of amides is 1. The molecule has 2 aromatic rings. The largest absolute Gasteiger partial charge is 0.379 e. The predicted octanol–water partition coefficient (Wildman–Crippen LogP) is -0.128. The second-order valence-electron chi connectivity index (χ2n) is 7.97. The lowest BCUT2D eigenvalue weighted by Crippen LogP contribution is -2.55. The van der Waals surface area contributed by atoms with E-state index in [9.17, 15) is 18.5 Å². The van der Waals surface area contributed by atoms with E-state index < -0.39 is 10.2 Å². The third kappa shape index (κ3) is 4.21. The van der Waals surface area contributed by atoms with Gasteiger partial charge in [-0.1, -0.05) is 0 Å². The van der Waals surface area contributed by atoms with E-state index in [-0.39, 0.29) is 5.91 Å². The molecule has 2 aromatic heterocycles. The highest BCUT2D eigenvalue weighted by Gasteiger charge is 2.34. The molecule has 0 aromatic carbocycles. The lowest BCUT2D eigenvalue weighted by atomic mass is 10.1. The van der Waals surface area contributed by atoms with Crippen LogP contribution in [-0.2, 0) is 26.2 Å². The smallest absolute Gasteiger partial charge is 0.282 e. The van der Waals surface area contributed by atoms with Crippen LogP contribution < -0.4 is 0 Å². The van der Waals surface area contributed by atoms with Gasteiger partial charge in [0.15, 0.2) is 5.65 Å². The summed E-state index contributed by atoms with van der Waals surface area (Å²) in [5.74, 6) is -0.00880. The molecule has 4 heterocycles. The summed E-state index contributed by atoms with van der Waals surface area (Å²) in [7, 11) is -3.51. The average molecular weight is 462 g/mol. The molecule has 1 amide bonds. The molecule has 172 valence electrons. The summed E-state index contributed by atoms with van der Waals surface area (Å²) in [5.41, 5.74) is 3.52. The first kappa shape index (κ1) is 22.6. The van der Waals surface area contributed by atoms with Gasteiger partial charge in [-0.05, 0) is 25.8 Å². The van der Waals surface area contributed by atoms with Crippen molar-refractivity contribution in [2.75, 3.05) is 52.5 Å². The number of morpholine rings is 1. The number of ether oxygens (including phenoxy) is 1. The fourth-order valence-electron chi connectivity index (χ4n) is 4.25. The standard InChI is InChI=1S/C20H27N7O4S/c1-15-18(16(2)27-20(23-15)17(13-21)14-22-27)3-4-19(28)24-5-7-25(8-6-24)32(29,30)26-9-11-31-12-10-26/h14H,3-12H2,1-2H3. The topological polar surface area (TPSA) is 124 Å². The van der Waals surface area contributed by atoms with Crippen LogP contribution in [0.2, 0.25) is 0 Å². The molecule has 2 aliphatic heterocycles. The van der Waals surface area contributed by atoms with Crippen LogP contribution in [0.5, 0.6) is 0 Å². The second-order valence-corrected chi connectivity index (χ2v) is 9.89. The van der Waals surface area contributed by atoms with E-state index in [1.165, 1.54) is 14.8 Å². The molecular weight excluding hydrogens is 434 g/mol. The molecule has 0 atom stereocenters. The Hall–Kier alpha value is -2.59. The Morgan fingerprint density at radius 3 is 2.44 bits per heavy atom. The first-order chi connectivity index (χ1) is 15.3. The molecule has 2 aliphatic rings. The molecule has 0 unspecified atom stereocenters. The third-order valence-corrected chi connectivity index (χ3v) is 8.17. The fourth-order valence-corrected chi connectivity index (χ4v) is 5.81. The van der Waals surface area contributed by atoms with Crippen LogP contribution in [0.3, 0.4) is 0 Å². The first-order valence-electron chi connectivity index (χ1n) is 10.7. The van der Waals surface area contributed by atoms with Crippen molar-refractivity contribution in [1.82, 2.24) is 28.1 Å². The van der Waals surface area contributed by atoms with Crippen LogP contribution in [0.4, 0.5) is 0 Å². The van der Waals surface area contributed by atoms with Gasteiger partial charge in [-0.25, -0.2) is 9.50 Å². The van der Waals surface area contributed by atoms with Gasteiger partial charge in [0.2, 0.25) is 5.91 Å². The van der Waals surface area contributed by atoms with Crippen molar-refractivity contribution in [2.24, 2.45) is 0 Å². The zero-order valence-corrected chi connectivity index (χ0v) is 19.1. The normalized spacial score (nSPS) is 18.7. The van der Waals surface area contributed by atoms with E-state index in [4.69, 9.17) is 4.74 Å². The van der Waals surface area contributed by atoms with E-state index in [1.807, 2.05) is 13.8 Å².